The average Bonchev–Trinajstić information content (AvgIpc) is 3.02. The number of amides is 1. The molecule has 0 bridgehead atoms. The minimum atomic E-state index is -3.81. The minimum absolute atomic E-state index is 0.0439. The first-order valence-electron chi connectivity index (χ1n) is 9.62. The molecule has 0 unspecified atom stereocenters. The number of carbonyl (C=O) groups is 1. The molecule has 1 amide bonds. The summed E-state index contributed by atoms with van der Waals surface area (Å²) in [5, 5.41) is 0. The maximum atomic E-state index is 13.1. The topological polar surface area (TPSA) is 66.5 Å². The van der Waals surface area contributed by atoms with Gasteiger partial charge in [-0.3, -0.25) is 4.79 Å². The van der Waals surface area contributed by atoms with Crippen molar-refractivity contribution < 1.29 is 17.6 Å². The van der Waals surface area contributed by atoms with E-state index in [-0.39, 0.29) is 23.2 Å². The summed E-state index contributed by atoms with van der Waals surface area (Å²) in [6, 6.07) is 10.3. The summed E-state index contributed by atoms with van der Waals surface area (Å²) in [5.74, 6) is -0.493. The zero-order chi connectivity index (χ0) is 20.9. The van der Waals surface area contributed by atoms with E-state index in [1.54, 1.807) is 6.07 Å². The molecule has 2 aromatic carbocycles. The summed E-state index contributed by atoms with van der Waals surface area (Å²) in [6.07, 6.45) is 6.03. The highest BCUT2D eigenvalue weighted by Crippen LogP contribution is 2.26. The Balaban J connectivity index is 1.82. The molecular weight excluding hydrogens is 411 g/mol. The number of halogens is 1. The molecular formula is C21H25FN2O3S2. The second-order valence-corrected chi connectivity index (χ2v) is 9.63. The van der Waals surface area contributed by atoms with Crippen LogP contribution >= 0.6 is 11.8 Å². The van der Waals surface area contributed by atoms with E-state index in [0.717, 1.165) is 30.6 Å². The predicted molar refractivity (Wildman–Crippen MR) is 113 cm³/mol. The van der Waals surface area contributed by atoms with Gasteiger partial charge in [-0.25, -0.2) is 17.5 Å². The number of benzene rings is 2. The Kier molecular flexibility index (Phi) is 7.32. The second-order valence-electron chi connectivity index (χ2n) is 7.02. The quantitative estimate of drug-likeness (QED) is 0.694. The molecule has 1 aliphatic heterocycles. The number of hydrogen-bond acceptors (Lipinski definition) is 4. The molecule has 1 aliphatic rings. The molecule has 29 heavy (non-hydrogen) atoms. The lowest BCUT2D eigenvalue weighted by Crippen LogP contribution is -2.32. The van der Waals surface area contributed by atoms with E-state index >= 15 is 0 Å². The van der Waals surface area contributed by atoms with Crippen molar-refractivity contribution in [3.8, 4) is 0 Å². The number of rotatable bonds is 6. The van der Waals surface area contributed by atoms with Crippen molar-refractivity contribution >= 4 is 27.7 Å². The number of sulfonamides is 1. The SMILES string of the molecule is CSc1ccc(S(=O)(=O)NCc2ccc(F)cc2)cc1C(=O)N1CCCCCC1. The Bertz CT molecular complexity index is 954. The molecule has 0 aliphatic carbocycles. The summed E-state index contributed by atoms with van der Waals surface area (Å²) in [5.41, 5.74) is 1.07. The van der Waals surface area contributed by atoms with Gasteiger partial charge in [0.25, 0.3) is 5.91 Å². The Morgan fingerprint density at radius 1 is 1.07 bits per heavy atom. The van der Waals surface area contributed by atoms with E-state index in [4.69, 9.17) is 0 Å². The van der Waals surface area contributed by atoms with Crippen molar-refractivity contribution in [3.63, 3.8) is 0 Å². The monoisotopic (exact) mass is 436 g/mol. The van der Waals surface area contributed by atoms with Crippen LogP contribution in [-0.2, 0) is 16.6 Å². The van der Waals surface area contributed by atoms with E-state index in [9.17, 15) is 17.6 Å². The standard InChI is InChI=1S/C21H25FN2O3S2/c1-28-20-11-10-18(14-19(20)21(25)24-12-4-2-3-5-13-24)29(26,27)23-15-16-6-8-17(22)9-7-16/h6-11,14,23H,2-5,12-13,15H2,1H3. The Morgan fingerprint density at radius 3 is 2.34 bits per heavy atom. The molecule has 0 saturated carbocycles. The molecule has 2 aromatic rings. The van der Waals surface area contributed by atoms with E-state index in [1.807, 2.05) is 11.2 Å². The number of nitrogens with zero attached hydrogens (tertiary/aromatic N) is 1. The van der Waals surface area contributed by atoms with Gasteiger partial charge in [-0.1, -0.05) is 25.0 Å². The number of likely N-dealkylation sites (tertiary alicyclic amines) is 1. The summed E-state index contributed by atoms with van der Waals surface area (Å²) >= 11 is 1.43. The van der Waals surface area contributed by atoms with Gasteiger partial charge in [0.2, 0.25) is 10.0 Å². The van der Waals surface area contributed by atoms with Crippen molar-refractivity contribution in [1.82, 2.24) is 9.62 Å². The minimum Gasteiger partial charge on any atom is -0.339 e. The van der Waals surface area contributed by atoms with Crippen LogP contribution in [0.25, 0.3) is 0 Å². The van der Waals surface area contributed by atoms with Gasteiger partial charge >= 0.3 is 0 Å². The molecule has 0 spiro atoms. The van der Waals surface area contributed by atoms with Crippen LogP contribution in [0.5, 0.6) is 0 Å². The first kappa shape index (κ1) is 21.8. The van der Waals surface area contributed by atoms with Gasteiger partial charge in [0, 0.05) is 24.5 Å². The average molecular weight is 437 g/mol. The molecule has 0 aromatic heterocycles. The predicted octanol–water partition coefficient (Wildman–Crippen LogP) is 4.04. The van der Waals surface area contributed by atoms with Crippen molar-refractivity contribution in [1.29, 1.82) is 0 Å². The smallest absolute Gasteiger partial charge is 0.255 e. The highest BCUT2D eigenvalue weighted by Gasteiger charge is 2.23. The molecule has 0 atom stereocenters. The molecule has 8 heteroatoms. The van der Waals surface area contributed by atoms with Crippen LogP contribution in [-0.4, -0.2) is 38.6 Å². The lowest BCUT2D eigenvalue weighted by Gasteiger charge is -2.22. The fourth-order valence-corrected chi connectivity index (χ4v) is 4.94. The maximum absolute atomic E-state index is 13.1. The van der Waals surface area contributed by atoms with Crippen LogP contribution in [0.1, 0.15) is 41.6 Å². The van der Waals surface area contributed by atoms with E-state index in [0.29, 0.717) is 24.2 Å². The first-order valence-corrected chi connectivity index (χ1v) is 12.3. The molecule has 1 fully saturated rings. The van der Waals surface area contributed by atoms with Crippen LogP contribution in [0.4, 0.5) is 4.39 Å². The van der Waals surface area contributed by atoms with Gasteiger partial charge in [-0.2, -0.15) is 0 Å². The summed E-state index contributed by atoms with van der Waals surface area (Å²) in [7, 11) is -3.81. The van der Waals surface area contributed by atoms with Crippen molar-refractivity contribution in [2.45, 2.75) is 42.0 Å². The second kappa shape index (κ2) is 9.73. The van der Waals surface area contributed by atoms with Crippen molar-refractivity contribution in [2.75, 3.05) is 19.3 Å². The molecule has 1 saturated heterocycles. The normalized spacial score (nSPS) is 15.2. The third kappa shape index (κ3) is 5.58. The third-order valence-corrected chi connectivity index (χ3v) is 7.18. The zero-order valence-electron chi connectivity index (χ0n) is 16.4. The molecule has 1 N–H and O–H groups in total. The third-order valence-electron chi connectivity index (χ3n) is 4.98. The van der Waals surface area contributed by atoms with Crippen molar-refractivity contribution in [3.05, 3.63) is 59.4 Å². The fourth-order valence-electron chi connectivity index (χ4n) is 3.33. The van der Waals surface area contributed by atoms with E-state index in [2.05, 4.69) is 4.72 Å². The van der Waals surface area contributed by atoms with Crippen LogP contribution in [0.3, 0.4) is 0 Å². The van der Waals surface area contributed by atoms with Gasteiger partial charge < -0.3 is 4.90 Å². The maximum Gasteiger partial charge on any atom is 0.255 e. The van der Waals surface area contributed by atoms with Crippen LogP contribution in [0.15, 0.2) is 52.3 Å². The molecule has 156 valence electrons. The lowest BCUT2D eigenvalue weighted by atomic mass is 10.2. The zero-order valence-corrected chi connectivity index (χ0v) is 18.0. The largest absolute Gasteiger partial charge is 0.339 e. The highest BCUT2D eigenvalue weighted by molar-refractivity contribution is 7.98. The lowest BCUT2D eigenvalue weighted by molar-refractivity contribution is 0.0758. The van der Waals surface area contributed by atoms with Gasteiger partial charge in [0.05, 0.1) is 10.5 Å². The van der Waals surface area contributed by atoms with Crippen LogP contribution in [0.2, 0.25) is 0 Å². The number of carbonyl (C=O) groups excluding carboxylic acids is 1. The van der Waals surface area contributed by atoms with Crippen LogP contribution in [0, 0.1) is 5.82 Å². The molecule has 3 rings (SSSR count). The molecule has 1 heterocycles. The van der Waals surface area contributed by atoms with Gasteiger partial charge in [0.15, 0.2) is 0 Å². The summed E-state index contributed by atoms with van der Waals surface area (Å²) < 4.78 is 41.1. The molecule has 5 nitrogen and oxygen atoms in total. The number of hydrogen-bond donors (Lipinski definition) is 1. The van der Waals surface area contributed by atoms with E-state index in [1.165, 1.54) is 48.2 Å². The number of thioether (sulfide) groups is 1. The Labute approximate surface area is 175 Å². The van der Waals surface area contributed by atoms with E-state index < -0.39 is 10.0 Å². The summed E-state index contributed by atoms with van der Waals surface area (Å²) in [4.78, 5) is 15.7. The number of nitrogens with one attached hydrogen (secondary N) is 1. The highest BCUT2D eigenvalue weighted by atomic mass is 32.2. The Morgan fingerprint density at radius 2 is 1.72 bits per heavy atom. The fraction of sp³-hybridized carbons (Fsp3) is 0.381. The van der Waals surface area contributed by atoms with Gasteiger partial charge in [-0.15, -0.1) is 11.8 Å². The van der Waals surface area contributed by atoms with Crippen molar-refractivity contribution in [2.24, 2.45) is 0 Å². The molecule has 0 radical (unpaired) electrons. The first-order chi connectivity index (χ1) is 13.9. The Hall–Kier alpha value is -1.90. The van der Waals surface area contributed by atoms with Gasteiger partial charge in [0.1, 0.15) is 5.82 Å². The van der Waals surface area contributed by atoms with Crippen LogP contribution < -0.4 is 4.72 Å². The van der Waals surface area contributed by atoms with Gasteiger partial charge in [-0.05, 0) is 55.0 Å². The summed E-state index contributed by atoms with van der Waals surface area (Å²) in [6.45, 7) is 1.45.